The number of likely N-dealkylation sites (tertiary alicyclic amines) is 1. The summed E-state index contributed by atoms with van der Waals surface area (Å²) in [5.41, 5.74) is 0. The van der Waals surface area contributed by atoms with E-state index in [9.17, 15) is 0 Å². The average molecular weight is 338 g/mol. The smallest absolute Gasteiger partial charge is 0.107 e. The van der Waals surface area contributed by atoms with Crippen LogP contribution in [0.2, 0.25) is 4.34 Å². The first-order chi connectivity index (χ1) is 8.16. The first kappa shape index (κ1) is 13.8. The molecule has 1 aliphatic heterocycles. The van der Waals surface area contributed by atoms with Crippen molar-refractivity contribution in [1.29, 1.82) is 0 Å². The molecule has 5 heteroatoms. The van der Waals surface area contributed by atoms with E-state index in [1.54, 1.807) is 11.3 Å². The van der Waals surface area contributed by atoms with Crippen LogP contribution in [0.3, 0.4) is 0 Å². The van der Waals surface area contributed by atoms with Crippen molar-refractivity contribution in [2.75, 3.05) is 20.1 Å². The van der Waals surface area contributed by atoms with Gasteiger partial charge in [-0.1, -0.05) is 18.0 Å². The first-order valence-corrected chi connectivity index (χ1v) is 8.00. The molecule has 96 valence electrons. The maximum atomic E-state index is 6.02. The van der Waals surface area contributed by atoms with Gasteiger partial charge in [0.2, 0.25) is 0 Å². The van der Waals surface area contributed by atoms with Crippen LogP contribution in [-0.4, -0.2) is 31.1 Å². The third kappa shape index (κ3) is 3.93. The Kier molecular flexibility index (Phi) is 5.30. The predicted octanol–water partition coefficient (Wildman–Crippen LogP) is 3.74. The van der Waals surface area contributed by atoms with E-state index in [0.29, 0.717) is 6.04 Å². The van der Waals surface area contributed by atoms with E-state index >= 15 is 0 Å². The minimum absolute atomic E-state index is 0.697. The van der Waals surface area contributed by atoms with E-state index in [2.05, 4.69) is 39.3 Å². The van der Waals surface area contributed by atoms with Crippen LogP contribution in [0.4, 0.5) is 0 Å². The molecular formula is C12H18BrClN2S. The summed E-state index contributed by atoms with van der Waals surface area (Å²) >= 11 is 11.1. The summed E-state index contributed by atoms with van der Waals surface area (Å²) in [6.07, 6.45) is 4.03. The third-order valence-corrected chi connectivity index (χ3v) is 5.77. The molecule has 1 aliphatic rings. The molecule has 1 fully saturated rings. The molecule has 0 saturated carbocycles. The monoisotopic (exact) mass is 336 g/mol. The van der Waals surface area contributed by atoms with Crippen molar-refractivity contribution in [2.45, 2.75) is 31.8 Å². The lowest BCUT2D eigenvalue weighted by molar-refractivity contribution is 0.181. The number of hydrogen-bond donors (Lipinski definition) is 1. The molecule has 1 atom stereocenters. The van der Waals surface area contributed by atoms with E-state index in [1.165, 1.54) is 30.7 Å². The van der Waals surface area contributed by atoms with Gasteiger partial charge >= 0.3 is 0 Å². The Morgan fingerprint density at radius 1 is 1.59 bits per heavy atom. The molecule has 1 aromatic rings. The zero-order valence-electron chi connectivity index (χ0n) is 10.0. The Morgan fingerprint density at radius 2 is 2.41 bits per heavy atom. The van der Waals surface area contributed by atoms with Crippen LogP contribution < -0.4 is 5.32 Å². The minimum Gasteiger partial charge on any atom is -0.310 e. The maximum Gasteiger partial charge on any atom is 0.107 e. The summed E-state index contributed by atoms with van der Waals surface area (Å²) in [6, 6.07) is 2.80. The van der Waals surface area contributed by atoms with E-state index in [0.717, 1.165) is 21.9 Å². The van der Waals surface area contributed by atoms with Crippen molar-refractivity contribution in [3.05, 3.63) is 19.8 Å². The topological polar surface area (TPSA) is 15.3 Å². The lowest BCUT2D eigenvalue weighted by Gasteiger charge is -2.32. The van der Waals surface area contributed by atoms with Crippen molar-refractivity contribution in [1.82, 2.24) is 10.2 Å². The Hall–Kier alpha value is 0.390. The fourth-order valence-corrected chi connectivity index (χ4v) is 4.00. The second-order valence-corrected chi connectivity index (χ2v) is 7.19. The van der Waals surface area contributed by atoms with Gasteiger partial charge in [0.25, 0.3) is 0 Å². The van der Waals surface area contributed by atoms with Crippen molar-refractivity contribution in [3.63, 3.8) is 0 Å². The van der Waals surface area contributed by atoms with Gasteiger partial charge in [-0.05, 0) is 48.4 Å². The number of nitrogens with one attached hydrogen (secondary N) is 1. The number of rotatable bonds is 4. The van der Waals surface area contributed by atoms with Gasteiger partial charge in [0, 0.05) is 28.5 Å². The SMILES string of the molecule is CN1CCCCC1CNCc1cc(Br)c(Cl)s1. The van der Waals surface area contributed by atoms with Crippen molar-refractivity contribution in [2.24, 2.45) is 0 Å². The standard InChI is InChI=1S/C12H18BrClN2S/c1-16-5-3-2-4-9(16)7-15-8-10-6-11(13)12(14)17-10/h6,9,15H,2-5,7-8H2,1H3. The molecule has 0 bridgehead atoms. The Bertz CT molecular complexity index is 350. The maximum absolute atomic E-state index is 6.02. The van der Waals surface area contributed by atoms with E-state index in [4.69, 9.17) is 11.6 Å². The van der Waals surface area contributed by atoms with Crippen molar-refractivity contribution < 1.29 is 0 Å². The van der Waals surface area contributed by atoms with Crippen LogP contribution in [0.5, 0.6) is 0 Å². The molecule has 1 saturated heterocycles. The number of hydrogen-bond acceptors (Lipinski definition) is 3. The molecule has 2 rings (SSSR count). The summed E-state index contributed by atoms with van der Waals surface area (Å²) in [6.45, 7) is 3.23. The number of piperidine rings is 1. The van der Waals surface area contributed by atoms with Crippen molar-refractivity contribution in [3.8, 4) is 0 Å². The highest BCUT2D eigenvalue weighted by atomic mass is 79.9. The molecule has 1 N–H and O–H groups in total. The van der Waals surface area contributed by atoms with Gasteiger partial charge in [-0.3, -0.25) is 0 Å². The summed E-state index contributed by atoms with van der Waals surface area (Å²) < 4.78 is 1.85. The van der Waals surface area contributed by atoms with Gasteiger partial charge in [-0.2, -0.15) is 0 Å². The molecule has 2 nitrogen and oxygen atoms in total. The first-order valence-electron chi connectivity index (χ1n) is 6.01. The Balaban J connectivity index is 1.75. The zero-order valence-corrected chi connectivity index (χ0v) is 13.2. The Morgan fingerprint density at radius 3 is 3.06 bits per heavy atom. The molecule has 17 heavy (non-hydrogen) atoms. The number of thiophene rings is 1. The van der Waals surface area contributed by atoms with E-state index in [-0.39, 0.29) is 0 Å². The van der Waals surface area contributed by atoms with Crippen LogP contribution in [0.25, 0.3) is 0 Å². The van der Waals surface area contributed by atoms with Gasteiger partial charge in [0.15, 0.2) is 0 Å². The van der Waals surface area contributed by atoms with Crippen LogP contribution in [-0.2, 0) is 6.54 Å². The van der Waals surface area contributed by atoms with Crippen LogP contribution in [0, 0.1) is 0 Å². The van der Waals surface area contributed by atoms with Gasteiger partial charge in [-0.15, -0.1) is 11.3 Å². The second-order valence-electron chi connectivity index (χ2n) is 4.60. The summed E-state index contributed by atoms with van der Waals surface area (Å²) in [4.78, 5) is 3.76. The molecule has 0 amide bonds. The lowest BCUT2D eigenvalue weighted by Crippen LogP contribution is -2.42. The fraction of sp³-hybridized carbons (Fsp3) is 0.667. The van der Waals surface area contributed by atoms with Crippen LogP contribution in [0.1, 0.15) is 24.1 Å². The molecule has 2 heterocycles. The molecule has 0 aliphatic carbocycles. The summed E-state index contributed by atoms with van der Waals surface area (Å²) in [7, 11) is 2.23. The van der Waals surface area contributed by atoms with Gasteiger partial charge in [0.1, 0.15) is 4.34 Å². The lowest BCUT2D eigenvalue weighted by atomic mass is 10.0. The third-order valence-electron chi connectivity index (χ3n) is 3.30. The zero-order chi connectivity index (χ0) is 12.3. The van der Waals surface area contributed by atoms with Crippen LogP contribution >= 0.6 is 38.9 Å². The molecule has 1 aromatic heterocycles. The average Bonchev–Trinajstić information content (AvgIpc) is 2.61. The quantitative estimate of drug-likeness (QED) is 0.900. The van der Waals surface area contributed by atoms with E-state index in [1.807, 2.05) is 0 Å². The molecule has 0 spiro atoms. The van der Waals surface area contributed by atoms with Crippen LogP contribution in [0.15, 0.2) is 10.5 Å². The summed E-state index contributed by atoms with van der Waals surface area (Å²) in [5, 5.41) is 3.53. The molecular weight excluding hydrogens is 320 g/mol. The predicted molar refractivity (Wildman–Crippen MR) is 79.0 cm³/mol. The van der Waals surface area contributed by atoms with Gasteiger partial charge in [-0.25, -0.2) is 0 Å². The number of likely N-dealkylation sites (N-methyl/N-ethyl adjacent to an activating group) is 1. The molecule has 0 radical (unpaired) electrons. The molecule has 0 aromatic carbocycles. The molecule has 1 unspecified atom stereocenters. The fourth-order valence-electron chi connectivity index (χ4n) is 2.24. The van der Waals surface area contributed by atoms with Gasteiger partial charge in [0.05, 0.1) is 0 Å². The Labute approximate surface area is 120 Å². The minimum atomic E-state index is 0.697. The highest BCUT2D eigenvalue weighted by molar-refractivity contribution is 9.10. The highest BCUT2D eigenvalue weighted by Crippen LogP contribution is 2.31. The number of halogens is 2. The van der Waals surface area contributed by atoms with E-state index < -0.39 is 0 Å². The van der Waals surface area contributed by atoms with Crippen molar-refractivity contribution >= 4 is 38.9 Å². The number of nitrogens with zero attached hydrogens (tertiary/aromatic N) is 1. The normalized spacial score (nSPS) is 21.9. The largest absolute Gasteiger partial charge is 0.310 e. The summed E-state index contributed by atoms with van der Waals surface area (Å²) in [5.74, 6) is 0. The second kappa shape index (κ2) is 6.53. The highest BCUT2D eigenvalue weighted by Gasteiger charge is 2.18. The van der Waals surface area contributed by atoms with Gasteiger partial charge < -0.3 is 10.2 Å².